The van der Waals surface area contributed by atoms with Gasteiger partial charge in [-0.25, -0.2) is 4.39 Å². The van der Waals surface area contributed by atoms with Crippen molar-refractivity contribution in [1.82, 2.24) is 10.2 Å². The summed E-state index contributed by atoms with van der Waals surface area (Å²) in [4.78, 5) is 2.56. The van der Waals surface area contributed by atoms with Crippen molar-refractivity contribution < 1.29 is 4.39 Å². The third-order valence-corrected chi connectivity index (χ3v) is 5.29. The first-order valence-corrected chi connectivity index (χ1v) is 7.90. The van der Waals surface area contributed by atoms with Gasteiger partial charge in [-0.3, -0.25) is 0 Å². The molecule has 2 bridgehead atoms. The Morgan fingerprint density at radius 2 is 2.00 bits per heavy atom. The summed E-state index contributed by atoms with van der Waals surface area (Å²) < 4.78 is 13.0. The molecule has 2 saturated heterocycles. The molecule has 2 unspecified atom stereocenters. The number of halogens is 2. The van der Waals surface area contributed by atoms with Crippen LogP contribution in [0.25, 0.3) is 0 Å². The summed E-state index contributed by atoms with van der Waals surface area (Å²) in [5, 5.41) is 4.13. The summed E-state index contributed by atoms with van der Waals surface area (Å²) in [6, 6.07) is 6.66. The molecule has 20 heavy (non-hydrogen) atoms. The van der Waals surface area contributed by atoms with Crippen molar-refractivity contribution in [1.29, 1.82) is 0 Å². The number of piperidine rings is 2. The third-order valence-electron chi connectivity index (χ3n) is 4.94. The van der Waals surface area contributed by atoms with Gasteiger partial charge in [-0.1, -0.05) is 24.1 Å². The van der Waals surface area contributed by atoms with Crippen LogP contribution >= 0.6 is 11.6 Å². The van der Waals surface area contributed by atoms with E-state index in [4.69, 9.17) is 11.6 Å². The van der Waals surface area contributed by atoms with E-state index >= 15 is 0 Å². The number of nitrogens with zero attached hydrogens (tertiary/aromatic N) is 1. The van der Waals surface area contributed by atoms with Gasteiger partial charge in [0.25, 0.3) is 0 Å². The maximum Gasteiger partial charge on any atom is 0.124 e. The van der Waals surface area contributed by atoms with Crippen molar-refractivity contribution in [3.8, 4) is 0 Å². The predicted molar refractivity (Wildman–Crippen MR) is 80.5 cm³/mol. The standard InChI is InChI=1S/C16H22ClFN2/c1-20-14-3-2-4-15(20)9-13(8-14)19-10-11-5-6-12(18)7-16(11)17/h5-7,13-15,19H,2-4,8-10H2,1H3. The number of benzene rings is 1. The minimum Gasteiger partial charge on any atom is -0.310 e. The zero-order valence-corrected chi connectivity index (χ0v) is 12.7. The fraction of sp³-hybridized carbons (Fsp3) is 0.625. The molecule has 0 amide bonds. The maximum atomic E-state index is 13.0. The molecule has 0 radical (unpaired) electrons. The molecular formula is C16H22ClFN2. The lowest BCUT2D eigenvalue weighted by Gasteiger charge is -2.47. The Morgan fingerprint density at radius 3 is 2.65 bits per heavy atom. The molecule has 2 aliphatic heterocycles. The summed E-state index contributed by atoms with van der Waals surface area (Å²) in [5.74, 6) is -0.271. The van der Waals surface area contributed by atoms with E-state index in [1.165, 1.54) is 44.2 Å². The first-order valence-electron chi connectivity index (χ1n) is 7.52. The normalized spacial score (nSPS) is 30.4. The predicted octanol–water partition coefficient (Wildman–Crippen LogP) is 3.58. The zero-order valence-electron chi connectivity index (χ0n) is 11.9. The van der Waals surface area contributed by atoms with Crippen LogP contribution in [0.3, 0.4) is 0 Å². The van der Waals surface area contributed by atoms with Crippen LogP contribution in [0.1, 0.15) is 37.7 Å². The van der Waals surface area contributed by atoms with E-state index in [1.54, 1.807) is 6.07 Å². The van der Waals surface area contributed by atoms with Gasteiger partial charge in [-0.15, -0.1) is 0 Å². The maximum absolute atomic E-state index is 13.0. The fourth-order valence-electron chi connectivity index (χ4n) is 3.70. The molecule has 2 aliphatic rings. The van der Waals surface area contributed by atoms with E-state index in [9.17, 15) is 4.39 Å². The molecule has 2 atom stereocenters. The van der Waals surface area contributed by atoms with Crippen LogP contribution in [0.15, 0.2) is 18.2 Å². The van der Waals surface area contributed by atoms with Crippen molar-refractivity contribution in [2.24, 2.45) is 0 Å². The van der Waals surface area contributed by atoms with Crippen molar-refractivity contribution >= 4 is 11.6 Å². The molecule has 1 aromatic rings. The van der Waals surface area contributed by atoms with E-state index in [0.29, 0.717) is 11.1 Å². The Morgan fingerprint density at radius 1 is 1.30 bits per heavy atom. The highest BCUT2D eigenvalue weighted by atomic mass is 35.5. The Labute approximate surface area is 125 Å². The van der Waals surface area contributed by atoms with Gasteiger partial charge in [0.05, 0.1) is 0 Å². The number of nitrogens with one attached hydrogen (secondary N) is 1. The second kappa shape index (κ2) is 6.00. The van der Waals surface area contributed by atoms with Crippen LogP contribution < -0.4 is 5.32 Å². The molecular weight excluding hydrogens is 275 g/mol. The highest BCUT2D eigenvalue weighted by Gasteiger charge is 2.35. The zero-order chi connectivity index (χ0) is 14.1. The van der Waals surface area contributed by atoms with Gasteiger partial charge >= 0.3 is 0 Å². The lowest BCUT2D eigenvalue weighted by Crippen LogP contribution is -2.54. The van der Waals surface area contributed by atoms with E-state index in [0.717, 1.165) is 24.2 Å². The van der Waals surface area contributed by atoms with Crippen molar-refractivity contribution in [2.45, 2.75) is 56.8 Å². The van der Waals surface area contributed by atoms with Crippen LogP contribution in [0.2, 0.25) is 5.02 Å². The number of rotatable bonds is 3. The van der Waals surface area contributed by atoms with Crippen molar-refractivity contribution in [2.75, 3.05) is 7.05 Å². The fourth-order valence-corrected chi connectivity index (χ4v) is 3.94. The van der Waals surface area contributed by atoms with Gasteiger partial charge in [0, 0.05) is 29.7 Å². The van der Waals surface area contributed by atoms with Crippen LogP contribution in [0.4, 0.5) is 4.39 Å². The smallest absolute Gasteiger partial charge is 0.124 e. The minimum atomic E-state index is -0.271. The summed E-state index contributed by atoms with van der Waals surface area (Å²) in [6.45, 7) is 0.729. The topological polar surface area (TPSA) is 15.3 Å². The van der Waals surface area contributed by atoms with Gasteiger partial charge < -0.3 is 10.2 Å². The largest absolute Gasteiger partial charge is 0.310 e. The molecule has 0 aromatic heterocycles. The number of hydrogen-bond donors (Lipinski definition) is 1. The Bertz CT molecular complexity index is 466. The molecule has 2 fully saturated rings. The van der Waals surface area contributed by atoms with Gasteiger partial charge in [0.1, 0.15) is 5.82 Å². The Kier molecular flexibility index (Phi) is 4.29. The minimum absolute atomic E-state index is 0.271. The first-order chi connectivity index (χ1) is 9.63. The summed E-state index contributed by atoms with van der Waals surface area (Å²) in [7, 11) is 2.27. The molecule has 3 rings (SSSR count). The molecule has 0 saturated carbocycles. The second-order valence-corrected chi connectivity index (χ2v) is 6.60. The van der Waals surface area contributed by atoms with E-state index in [2.05, 4.69) is 17.3 Å². The molecule has 110 valence electrons. The molecule has 2 nitrogen and oxygen atoms in total. The monoisotopic (exact) mass is 296 g/mol. The van der Waals surface area contributed by atoms with Gasteiger partial charge in [-0.2, -0.15) is 0 Å². The molecule has 2 heterocycles. The third kappa shape index (κ3) is 3.00. The number of fused-ring (bicyclic) bond motifs is 2. The highest BCUT2D eigenvalue weighted by Crippen LogP contribution is 2.32. The molecule has 0 spiro atoms. The van der Waals surface area contributed by atoms with Crippen molar-refractivity contribution in [3.63, 3.8) is 0 Å². The lowest BCUT2D eigenvalue weighted by atomic mass is 9.82. The molecule has 0 aliphatic carbocycles. The lowest BCUT2D eigenvalue weighted by molar-refractivity contribution is 0.0482. The molecule has 1 aromatic carbocycles. The average molecular weight is 297 g/mol. The average Bonchev–Trinajstić information content (AvgIpc) is 2.38. The van der Waals surface area contributed by atoms with Gasteiger partial charge in [-0.05, 0) is 50.4 Å². The quantitative estimate of drug-likeness (QED) is 0.917. The Hall–Kier alpha value is -0.640. The van der Waals surface area contributed by atoms with Gasteiger partial charge in [0.15, 0.2) is 0 Å². The highest BCUT2D eigenvalue weighted by molar-refractivity contribution is 6.31. The molecule has 4 heteroatoms. The number of hydrogen-bond acceptors (Lipinski definition) is 2. The SMILES string of the molecule is CN1C2CCCC1CC(NCc1ccc(F)cc1Cl)C2. The van der Waals surface area contributed by atoms with E-state index < -0.39 is 0 Å². The summed E-state index contributed by atoms with van der Waals surface area (Å²) >= 11 is 6.08. The first kappa shape index (κ1) is 14.3. The van der Waals surface area contributed by atoms with Crippen molar-refractivity contribution in [3.05, 3.63) is 34.6 Å². The van der Waals surface area contributed by atoms with E-state index in [1.807, 2.05) is 0 Å². The van der Waals surface area contributed by atoms with Crippen LogP contribution in [-0.2, 0) is 6.54 Å². The second-order valence-electron chi connectivity index (χ2n) is 6.19. The van der Waals surface area contributed by atoms with Crippen LogP contribution in [-0.4, -0.2) is 30.1 Å². The van der Waals surface area contributed by atoms with Crippen LogP contribution in [0.5, 0.6) is 0 Å². The Balaban J connectivity index is 1.59. The summed E-state index contributed by atoms with van der Waals surface area (Å²) in [5.41, 5.74) is 0.983. The summed E-state index contributed by atoms with van der Waals surface area (Å²) in [6.07, 6.45) is 6.44. The van der Waals surface area contributed by atoms with Crippen LogP contribution in [0, 0.1) is 5.82 Å². The molecule has 1 N–H and O–H groups in total. The van der Waals surface area contributed by atoms with E-state index in [-0.39, 0.29) is 5.82 Å². The van der Waals surface area contributed by atoms with Gasteiger partial charge in [0.2, 0.25) is 0 Å².